The van der Waals surface area contributed by atoms with E-state index in [0.29, 0.717) is 6.54 Å². The number of aromatic nitrogens is 1. The maximum atomic E-state index is 5.63. The van der Waals surface area contributed by atoms with Crippen LogP contribution >= 0.6 is 24.0 Å². The van der Waals surface area contributed by atoms with Crippen molar-refractivity contribution in [1.29, 1.82) is 0 Å². The number of nitrogens with zero attached hydrogens (tertiary/aromatic N) is 2. The normalized spacial score (nSPS) is 14.0. The number of aryl methyl sites for hydroxylation is 1. The number of hydrogen-bond acceptors (Lipinski definition) is 4. The monoisotopic (exact) mass is 462 g/mol. The number of ether oxygens (including phenoxy) is 2. The van der Waals surface area contributed by atoms with Crippen LogP contribution in [0.25, 0.3) is 0 Å². The van der Waals surface area contributed by atoms with Crippen molar-refractivity contribution in [2.24, 2.45) is 10.9 Å². The molecule has 1 aliphatic rings. The Morgan fingerprint density at radius 3 is 2.72 bits per heavy atom. The Hall–Kier alpha value is -1.09. The molecule has 2 rings (SSSR count). The lowest BCUT2D eigenvalue weighted by atomic mass is 10.1. The number of aliphatic imine (C=N–C) groups is 1. The van der Waals surface area contributed by atoms with Gasteiger partial charge in [0.2, 0.25) is 0 Å². The smallest absolute Gasteiger partial charge is 0.191 e. The molecule has 0 radical (unpaired) electrons. The lowest BCUT2D eigenvalue weighted by Crippen LogP contribution is -2.38. The first-order chi connectivity index (χ1) is 11.7. The van der Waals surface area contributed by atoms with Gasteiger partial charge in [0.1, 0.15) is 5.75 Å². The SMILES string of the molecule is CN=C(NCCCOCC1CC1)NCc1ncc(C)c(OC)c1C.I. The molecule has 1 aromatic heterocycles. The van der Waals surface area contributed by atoms with Crippen molar-refractivity contribution in [3.8, 4) is 5.75 Å². The minimum absolute atomic E-state index is 0. The quantitative estimate of drug-likeness (QED) is 0.256. The molecule has 6 nitrogen and oxygen atoms in total. The number of pyridine rings is 1. The Bertz CT molecular complexity index is 562. The highest BCUT2D eigenvalue weighted by atomic mass is 127. The van der Waals surface area contributed by atoms with Gasteiger partial charge < -0.3 is 20.1 Å². The van der Waals surface area contributed by atoms with Crippen LogP contribution in [-0.2, 0) is 11.3 Å². The van der Waals surface area contributed by atoms with E-state index in [1.807, 2.05) is 20.0 Å². The van der Waals surface area contributed by atoms with Gasteiger partial charge in [-0.2, -0.15) is 0 Å². The van der Waals surface area contributed by atoms with Crippen LogP contribution in [0, 0.1) is 19.8 Å². The van der Waals surface area contributed by atoms with Crippen molar-refractivity contribution >= 4 is 29.9 Å². The van der Waals surface area contributed by atoms with Crippen molar-refractivity contribution < 1.29 is 9.47 Å². The Morgan fingerprint density at radius 2 is 2.08 bits per heavy atom. The molecule has 0 aliphatic heterocycles. The van der Waals surface area contributed by atoms with Gasteiger partial charge >= 0.3 is 0 Å². The molecule has 1 saturated carbocycles. The minimum Gasteiger partial charge on any atom is -0.496 e. The second-order valence-corrected chi connectivity index (χ2v) is 6.27. The van der Waals surface area contributed by atoms with Crippen LogP contribution in [0.4, 0.5) is 0 Å². The number of rotatable bonds is 9. The summed E-state index contributed by atoms with van der Waals surface area (Å²) in [5, 5.41) is 6.60. The van der Waals surface area contributed by atoms with Crippen molar-refractivity contribution in [1.82, 2.24) is 15.6 Å². The predicted molar refractivity (Wildman–Crippen MR) is 112 cm³/mol. The zero-order valence-electron chi connectivity index (χ0n) is 15.7. The lowest BCUT2D eigenvalue weighted by Gasteiger charge is -2.15. The standard InChI is InChI=1S/C18H30N4O2.HI/c1-13-10-21-16(14(2)17(13)23-4)11-22-18(19-3)20-8-5-9-24-12-15-6-7-15;/h10,15H,5-9,11-12H2,1-4H3,(H2,19,20,22);1H. The van der Waals surface area contributed by atoms with Gasteiger partial charge in [0, 0.05) is 44.1 Å². The van der Waals surface area contributed by atoms with Crippen LogP contribution in [0.15, 0.2) is 11.2 Å². The molecule has 25 heavy (non-hydrogen) atoms. The predicted octanol–water partition coefficient (Wildman–Crippen LogP) is 2.81. The van der Waals surface area contributed by atoms with Gasteiger partial charge in [-0.15, -0.1) is 24.0 Å². The fraction of sp³-hybridized carbons (Fsp3) is 0.667. The molecule has 2 N–H and O–H groups in total. The summed E-state index contributed by atoms with van der Waals surface area (Å²) in [7, 11) is 3.47. The number of methoxy groups -OCH3 is 1. The Labute approximate surface area is 168 Å². The number of nitrogens with one attached hydrogen (secondary N) is 2. The number of halogens is 1. The van der Waals surface area contributed by atoms with E-state index in [1.54, 1.807) is 14.2 Å². The average Bonchev–Trinajstić information content (AvgIpc) is 3.39. The molecule has 0 atom stereocenters. The van der Waals surface area contributed by atoms with Gasteiger partial charge in [0.05, 0.1) is 19.3 Å². The molecule has 7 heteroatoms. The Kier molecular flexibility index (Phi) is 10.1. The fourth-order valence-electron chi connectivity index (χ4n) is 2.55. The topological polar surface area (TPSA) is 67.8 Å². The summed E-state index contributed by atoms with van der Waals surface area (Å²) in [5.41, 5.74) is 3.08. The molecule has 1 fully saturated rings. The van der Waals surface area contributed by atoms with Crippen LogP contribution in [0.1, 0.15) is 36.1 Å². The van der Waals surface area contributed by atoms with Crippen LogP contribution in [0.5, 0.6) is 5.75 Å². The molecule has 0 amide bonds. The summed E-state index contributed by atoms with van der Waals surface area (Å²) in [6.45, 7) is 7.21. The van der Waals surface area contributed by atoms with Gasteiger partial charge in [0.15, 0.2) is 5.96 Å². The third-order valence-corrected chi connectivity index (χ3v) is 4.21. The molecule has 0 bridgehead atoms. The van der Waals surface area contributed by atoms with Gasteiger partial charge in [-0.1, -0.05) is 0 Å². The van der Waals surface area contributed by atoms with Crippen molar-refractivity contribution in [3.63, 3.8) is 0 Å². The van der Waals surface area contributed by atoms with Crippen LogP contribution < -0.4 is 15.4 Å². The van der Waals surface area contributed by atoms with E-state index in [2.05, 4.69) is 20.6 Å². The highest BCUT2D eigenvalue weighted by Gasteiger charge is 2.20. The summed E-state index contributed by atoms with van der Waals surface area (Å²) >= 11 is 0. The second-order valence-electron chi connectivity index (χ2n) is 6.27. The van der Waals surface area contributed by atoms with Crippen molar-refractivity contribution in [3.05, 3.63) is 23.0 Å². The highest BCUT2D eigenvalue weighted by molar-refractivity contribution is 14.0. The molecular formula is C18H31IN4O2. The summed E-state index contributed by atoms with van der Waals surface area (Å²) in [5.74, 6) is 2.50. The van der Waals surface area contributed by atoms with E-state index in [0.717, 1.165) is 60.6 Å². The van der Waals surface area contributed by atoms with Gasteiger partial charge in [0.25, 0.3) is 0 Å². The van der Waals surface area contributed by atoms with E-state index >= 15 is 0 Å². The summed E-state index contributed by atoms with van der Waals surface area (Å²) < 4.78 is 11.1. The zero-order valence-corrected chi connectivity index (χ0v) is 18.1. The van der Waals surface area contributed by atoms with Gasteiger partial charge in [-0.3, -0.25) is 9.98 Å². The Morgan fingerprint density at radius 1 is 1.32 bits per heavy atom. The molecule has 1 aromatic rings. The van der Waals surface area contributed by atoms with Gasteiger partial charge in [-0.05, 0) is 39.0 Å². The minimum atomic E-state index is 0. The summed E-state index contributed by atoms with van der Waals surface area (Å²) in [6, 6.07) is 0. The van der Waals surface area contributed by atoms with Crippen LogP contribution in [-0.4, -0.2) is 44.9 Å². The van der Waals surface area contributed by atoms with Gasteiger partial charge in [-0.25, -0.2) is 0 Å². The summed E-state index contributed by atoms with van der Waals surface area (Å²) in [6.07, 6.45) is 5.50. The second kappa shape index (κ2) is 11.5. The van der Waals surface area contributed by atoms with E-state index < -0.39 is 0 Å². The van der Waals surface area contributed by atoms with E-state index in [9.17, 15) is 0 Å². The lowest BCUT2D eigenvalue weighted by molar-refractivity contribution is 0.123. The first kappa shape index (κ1) is 22.0. The molecule has 142 valence electrons. The van der Waals surface area contributed by atoms with E-state index in [1.165, 1.54) is 12.8 Å². The van der Waals surface area contributed by atoms with Crippen molar-refractivity contribution in [2.45, 2.75) is 39.7 Å². The maximum Gasteiger partial charge on any atom is 0.191 e. The molecule has 1 aliphatic carbocycles. The fourth-order valence-corrected chi connectivity index (χ4v) is 2.55. The molecule has 0 unspecified atom stereocenters. The maximum absolute atomic E-state index is 5.63. The molecular weight excluding hydrogens is 431 g/mol. The third-order valence-electron chi connectivity index (χ3n) is 4.21. The zero-order chi connectivity index (χ0) is 17.4. The average molecular weight is 462 g/mol. The number of guanidine groups is 1. The molecule has 1 heterocycles. The number of hydrogen-bond donors (Lipinski definition) is 2. The first-order valence-corrected chi connectivity index (χ1v) is 8.67. The molecule has 0 aromatic carbocycles. The largest absolute Gasteiger partial charge is 0.496 e. The highest BCUT2D eigenvalue weighted by Crippen LogP contribution is 2.28. The molecule has 0 spiro atoms. The molecule has 0 saturated heterocycles. The van der Waals surface area contributed by atoms with Crippen molar-refractivity contribution in [2.75, 3.05) is 33.9 Å². The van der Waals surface area contributed by atoms with E-state index in [4.69, 9.17) is 9.47 Å². The van der Waals surface area contributed by atoms with Crippen LogP contribution in [0.3, 0.4) is 0 Å². The summed E-state index contributed by atoms with van der Waals surface area (Å²) in [4.78, 5) is 8.73. The third kappa shape index (κ3) is 7.35. The van der Waals surface area contributed by atoms with Crippen LogP contribution in [0.2, 0.25) is 0 Å². The Balaban J connectivity index is 0.00000312. The first-order valence-electron chi connectivity index (χ1n) is 8.67. The van der Waals surface area contributed by atoms with E-state index in [-0.39, 0.29) is 24.0 Å².